The number of nitrogens with zero attached hydrogens (tertiary/aromatic N) is 1. The van der Waals surface area contributed by atoms with Gasteiger partial charge in [0.25, 0.3) is 0 Å². The van der Waals surface area contributed by atoms with E-state index in [0.29, 0.717) is 5.92 Å². The molecule has 3 fully saturated rings. The topological polar surface area (TPSA) is 30.9 Å². The van der Waals surface area contributed by atoms with Gasteiger partial charge in [0.15, 0.2) is 0 Å². The number of ether oxygens (including phenoxy) is 3. The lowest BCUT2D eigenvalue weighted by Gasteiger charge is -2.42. The standard InChI is InChI=1S/C22H33NO3/c1-24-21-6-4-18(5-7-21)16-23-12-10-22(11-13-23)20(9-15-26-22)8-14-25-17-19-2-3-19/h4-7,19-20H,2-3,8-17H2,1H3. The monoisotopic (exact) mass is 359 g/mol. The van der Waals surface area contributed by atoms with E-state index in [0.717, 1.165) is 64.0 Å². The second-order valence-electron chi connectivity index (χ2n) is 8.33. The molecule has 2 aliphatic heterocycles. The minimum Gasteiger partial charge on any atom is -0.497 e. The fraction of sp³-hybridized carbons (Fsp3) is 0.727. The number of methoxy groups -OCH3 is 1. The molecule has 144 valence electrons. The summed E-state index contributed by atoms with van der Waals surface area (Å²) in [5.41, 5.74) is 1.48. The summed E-state index contributed by atoms with van der Waals surface area (Å²) in [6.07, 6.45) is 7.46. The maximum absolute atomic E-state index is 6.31. The van der Waals surface area contributed by atoms with Crippen LogP contribution >= 0.6 is 0 Å². The summed E-state index contributed by atoms with van der Waals surface area (Å²) in [4.78, 5) is 2.56. The molecule has 0 bridgehead atoms. The number of hydrogen-bond acceptors (Lipinski definition) is 4. The first-order chi connectivity index (χ1) is 12.8. The van der Waals surface area contributed by atoms with E-state index in [1.165, 1.54) is 31.2 Å². The van der Waals surface area contributed by atoms with Crippen molar-refractivity contribution in [3.05, 3.63) is 29.8 Å². The van der Waals surface area contributed by atoms with Crippen molar-refractivity contribution in [3.63, 3.8) is 0 Å². The van der Waals surface area contributed by atoms with Gasteiger partial charge in [0.05, 0.1) is 12.7 Å². The van der Waals surface area contributed by atoms with Crippen LogP contribution in [0.1, 0.15) is 44.1 Å². The van der Waals surface area contributed by atoms with Gasteiger partial charge in [-0.25, -0.2) is 0 Å². The molecule has 1 aliphatic carbocycles. The average Bonchev–Trinajstić information content (AvgIpc) is 3.43. The van der Waals surface area contributed by atoms with E-state index >= 15 is 0 Å². The highest BCUT2D eigenvalue weighted by Gasteiger charge is 2.45. The van der Waals surface area contributed by atoms with Gasteiger partial charge in [0, 0.05) is 39.5 Å². The molecular formula is C22H33NO3. The van der Waals surface area contributed by atoms with Gasteiger partial charge >= 0.3 is 0 Å². The van der Waals surface area contributed by atoms with Gasteiger partial charge in [-0.1, -0.05) is 12.1 Å². The molecule has 1 spiro atoms. The Balaban J connectivity index is 1.24. The molecule has 1 saturated carbocycles. The molecule has 0 amide bonds. The van der Waals surface area contributed by atoms with E-state index in [1.807, 2.05) is 0 Å². The zero-order valence-corrected chi connectivity index (χ0v) is 16.1. The maximum atomic E-state index is 6.31. The van der Waals surface area contributed by atoms with Gasteiger partial charge < -0.3 is 14.2 Å². The maximum Gasteiger partial charge on any atom is 0.118 e. The Hall–Kier alpha value is -1.10. The number of hydrogen-bond donors (Lipinski definition) is 0. The lowest BCUT2D eigenvalue weighted by Crippen LogP contribution is -2.47. The van der Waals surface area contributed by atoms with E-state index in [-0.39, 0.29) is 5.60 Å². The average molecular weight is 360 g/mol. The first-order valence-electron chi connectivity index (χ1n) is 10.3. The number of rotatable bonds is 8. The minimum atomic E-state index is 0.124. The van der Waals surface area contributed by atoms with Crippen LogP contribution in [-0.4, -0.2) is 50.5 Å². The molecule has 1 aromatic rings. The third kappa shape index (κ3) is 4.41. The Morgan fingerprint density at radius 1 is 1.12 bits per heavy atom. The van der Waals surface area contributed by atoms with Crippen LogP contribution < -0.4 is 4.74 Å². The summed E-state index contributed by atoms with van der Waals surface area (Å²) in [5, 5.41) is 0. The first kappa shape index (κ1) is 18.3. The van der Waals surface area contributed by atoms with Crippen LogP contribution in [0.15, 0.2) is 24.3 Å². The SMILES string of the molecule is COc1ccc(CN2CCC3(CC2)OCCC3CCOCC2CC2)cc1. The van der Waals surface area contributed by atoms with Gasteiger partial charge in [-0.2, -0.15) is 0 Å². The van der Waals surface area contributed by atoms with Crippen molar-refractivity contribution in [3.8, 4) is 5.75 Å². The van der Waals surface area contributed by atoms with Crippen molar-refractivity contribution in [2.75, 3.05) is 40.0 Å². The van der Waals surface area contributed by atoms with Crippen LogP contribution in [0.4, 0.5) is 0 Å². The summed E-state index contributed by atoms with van der Waals surface area (Å²) in [5.74, 6) is 2.48. The molecule has 1 atom stereocenters. The van der Waals surface area contributed by atoms with Crippen LogP contribution in [0, 0.1) is 11.8 Å². The lowest BCUT2D eigenvalue weighted by molar-refractivity contribution is -0.0731. The fourth-order valence-corrected chi connectivity index (χ4v) is 4.58. The highest BCUT2D eigenvalue weighted by Crippen LogP contribution is 2.42. The highest BCUT2D eigenvalue weighted by molar-refractivity contribution is 5.27. The Kier molecular flexibility index (Phi) is 5.82. The van der Waals surface area contributed by atoms with E-state index in [1.54, 1.807) is 7.11 Å². The van der Waals surface area contributed by atoms with Crippen molar-refractivity contribution in [2.24, 2.45) is 11.8 Å². The van der Waals surface area contributed by atoms with Gasteiger partial charge in [-0.3, -0.25) is 4.90 Å². The van der Waals surface area contributed by atoms with Crippen molar-refractivity contribution >= 4 is 0 Å². The second-order valence-corrected chi connectivity index (χ2v) is 8.33. The van der Waals surface area contributed by atoms with Gasteiger partial charge in [0.2, 0.25) is 0 Å². The third-order valence-electron chi connectivity index (χ3n) is 6.53. The number of likely N-dealkylation sites (tertiary alicyclic amines) is 1. The summed E-state index contributed by atoms with van der Waals surface area (Å²) in [6.45, 7) is 6.12. The minimum absolute atomic E-state index is 0.124. The highest BCUT2D eigenvalue weighted by atomic mass is 16.5. The Bertz CT molecular complexity index is 561. The van der Waals surface area contributed by atoms with Gasteiger partial charge in [0.1, 0.15) is 5.75 Å². The molecule has 1 unspecified atom stereocenters. The molecule has 4 nitrogen and oxygen atoms in total. The smallest absolute Gasteiger partial charge is 0.118 e. The van der Waals surface area contributed by atoms with E-state index < -0.39 is 0 Å². The second kappa shape index (κ2) is 8.28. The molecule has 0 radical (unpaired) electrons. The molecule has 26 heavy (non-hydrogen) atoms. The van der Waals surface area contributed by atoms with Crippen LogP contribution in [-0.2, 0) is 16.0 Å². The molecule has 4 rings (SSSR count). The van der Waals surface area contributed by atoms with Gasteiger partial charge in [-0.15, -0.1) is 0 Å². The van der Waals surface area contributed by atoms with E-state index in [9.17, 15) is 0 Å². The number of benzene rings is 1. The third-order valence-corrected chi connectivity index (χ3v) is 6.53. The predicted molar refractivity (Wildman–Crippen MR) is 102 cm³/mol. The zero-order chi connectivity index (χ0) is 17.8. The van der Waals surface area contributed by atoms with Crippen molar-refractivity contribution in [1.29, 1.82) is 0 Å². The van der Waals surface area contributed by atoms with Crippen molar-refractivity contribution in [1.82, 2.24) is 4.90 Å². The molecule has 2 saturated heterocycles. The van der Waals surface area contributed by atoms with Crippen LogP contribution in [0.2, 0.25) is 0 Å². The first-order valence-corrected chi connectivity index (χ1v) is 10.3. The largest absolute Gasteiger partial charge is 0.497 e. The van der Waals surface area contributed by atoms with Crippen molar-refractivity contribution in [2.45, 2.75) is 50.7 Å². The molecule has 4 heteroatoms. The predicted octanol–water partition coefficient (Wildman–Crippen LogP) is 3.88. The summed E-state index contributed by atoms with van der Waals surface area (Å²) in [6, 6.07) is 8.46. The quantitative estimate of drug-likeness (QED) is 0.659. The van der Waals surface area contributed by atoms with E-state index in [2.05, 4.69) is 29.2 Å². The summed E-state index contributed by atoms with van der Waals surface area (Å²) >= 11 is 0. The Labute approximate surface area is 157 Å². The molecule has 0 aromatic heterocycles. The fourth-order valence-electron chi connectivity index (χ4n) is 4.58. The molecule has 3 aliphatic rings. The van der Waals surface area contributed by atoms with Crippen LogP contribution in [0.25, 0.3) is 0 Å². The van der Waals surface area contributed by atoms with E-state index in [4.69, 9.17) is 14.2 Å². The molecule has 1 aromatic carbocycles. The number of piperidine rings is 1. The Morgan fingerprint density at radius 2 is 1.88 bits per heavy atom. The van der Waals surface area contributed by atoms with Crippen LogP contribution in [0.3, 0.4) is 0 Å². The Morgan fingerprint density at radius 3 is 2.58 bits per heavy atom. The summed E-state index contributed by atoms with van der Waals surface area (Å²) < 4.78 is 17.5. The normalized spacial score (nSPS) is 25.7. The summed E-state index contributed by atoms with van der Waals surface area (Å²) in [7, 11) is 1.72. The zero-order valence-electron chi connectivity index (χ0n) is 16.1. The van der Waals surface area contributed by atoms with Gasteiger partial charge in [-0.05, 0) is 68.1 Å². The van der Waals surface area contributed by atoms with Crippen molar-refractivity contribution < 1.29 is 14.2 Å². The molecule has 2 heterocycles. The molecule has 0 N–H and O–H groups in total. The molecular weight excluding hydrogens is 326 g/mol. The van der Waals surface area contributed by atoms with Crippen LogP contribution in [0.5, 0.6) is 5.75 Å². The lowest BCUT2D eigenvalue weighted by atomic mass is 9.78.